The minimum atomic E-state index is 0.438. The summed E-state index contributed by atoms with van der Waals surface area (Å²) in [5.74, 6) is 1.36. The zero-order valence-electron chi connectivity index (χ0n) is 11.2. The van der Waals surface area contributed by atoms with Crippen LogP contribution in [0.4, 0.5) is 0 Å². The van der Waals surface area contributed by atoms with Gasteiger partial charge in [0.2, 0.25) is 0 Å². The van der Waals surface area contributed by atoms with E-state index in [0.717, 1.165) is 38.1 Å². The van der Waals surface area contributed by atoms with Gasteiger partial charge in [0, 0.05) is 31.8 Å². The average molecular weight is 248 g/mol. The molecule has 0 radical (unpaired) electrons. The summed E-state index contributed by atoms with van der Waals surface area (Å²) >= 11 is 0. The SMILES string of the molecule is O=C(CCCC1CCCC1)CCCn1ccnc1. The van der Waals surface area contributed by atoms with Crippen molar-refractivity contribution < 1.29 is 4.79 Å². The summed E-state index contributed by atoms with van der Waals surface area (Å²) in [6.45, 7) is 0.911. The van der Waals surface area contributed by atoms with Gasteiger partial charge in [0.05, 0.1) is 6.33 Å². The van der Waals surface area contributed by atoms with E-state index in [-0.39, 0.29) is 0 Å². The number of carbonyl (C=O) groups excluding carboxylic acids is 1. The van der Waals surface area contributed by atoms with Gasteiger partial charge in [-0.2, -0.15) is 0 Å². The molecule has 0 unspecified atom stereocenters. The highest BCUT2D eigenvalue weighted by atomic mass is 16.1. The van der Waals surface area contributed by atoms with Gasteiger partial charge in [-0.15, -0.1) is 0 Å². The molecule has 18 heavy (non-hydrogen) atoms. The highest BCUT2D eigenvalue weighted by molar-refractivity contribution is 5.78. The second-order valence-corrected chi connectivity index (χ2v) is 5.49. The van der Waals surface area contributed by atoms with Crippen LogP contribution in [0.3, 0.4) is 0 Å². The maximum atomic E-state index is 11.7. The summed E-state index contributed by atoms with van der Waals surface area (Å²) in [5, 5.41) is 0. The summed E-state index contributed by atoms with van der Waals surface area (Å²) in [5.41, 5.74) is 0. The van der Waals surface area contributed by atoms with Crippen molar-refractivity contribution in [3.63, 3.8) is 0 Å². The third-order valence-electron chi connectivity index (χ3n) is 3.97. The third kappa shape index (κ3) is 4.63. The van der Waals surface area contributed by atoms with Gasteiger partial charge < -0.3 is 4.57 Å². The molecule has 1 saturated carbocycles. The van der Waals surface area contributed by atoms with E-state index < -0.39 is 0 Å². The van der Waals surface area contributed by atoms with E-state index >= 15 is 0 Å². The minimum absolute atomic E-state index is 0.438. The molecule has 3 heteroatoms. The quantitative estimate of drug-likeness (QED) is 0.704. The Bertz CT molecular complexity index is 339. The lowest BCUT2D eigenvalue weighted by atomic mass is 9.99. The standard InChI is InChI=1S/C15H24N2O/c18-15(8-3-7-14-5-1-2-6-14)9-4-11-17-12-10-16-13-17/h10,12-14H,1-9,11H2. The predicted molar refractivity (Wildman–Crippen MR) is 72.3 cm³/mol. The van der Waals surface area contributed by atoms with Gasteiger partial charge in [-0.25, -0.2) is 4.98 Å². The highest BCUT2D eigenvalue weighted by Crippen LogP contribution is 2.28. The van der Waals surface area contributed by atoms with Gasteiger partial charge in [0.15, 0.2) is 0 Å². The summed E-state index contributed by atoms with van der Waals surface area (Å²) in [4.78, 5) is 15.7. The number of carbonyl (C=O) groups is 1. The molecule has 0 N–H and O–H groups in total. The van der Waals surface area contributed by atoms with Gasteiger partial charge in [-0.05, 0) is 18.8 Å². The fourth-order valence-electron chi connectivity index (χ4n) is 2.89. The molecule has 2 rings (SSSR count). The molecular formula is C15H24N2O. The van der Waals surface area contributed by atoms with Crippen LogP contribution in [0.15, 0.2) is 18.7 Å². The van der Waals surface area contributed by atoms with E-state index in [2.05, 4.69) is 4.98 Å². The van der Waals surface area contributed by atoms with E-state index in [1.807, 2.05) is 17.1 Å². The topological polar surface area (TPSA) is 34.9 Å². The largest absolute Gasteiger partial charge is 0.337 e. The molecule has 1 heterocycles. The molecule has 1 fully saturated rings. The molecule has 1 aromatic rings. The van der Waals surface area contributed by atoms with E-state index in [1.165, 1.54) is 32.1 Å². The summed E-state index contributed by atoms with van der Waals surface area (Å²) in [6.07, 6.45) is 16.0. The maximum Gasteiger partial charge on any atom is 0.132 e. The second kappa shape index (κ2) is 7.34. The van der Waals surface area contributed by atoms with Gasteiger partial charge in [0.1, 0.15) is 5.78 Å². The maximum absolute atomic E-state index is 11.7. The zero-order chi connectivity index (χ0) is 12.6. The Labute approximate surface area is 110 Å². The predicted octanol–water partition coefficient (Wildman–Crippen LogP) is 3.59. The Morgan fingerprint density at radius 1 is 1.22 bits per heavy atom. The molecule has 0 amide bonds. The number of aryl methyl sites for hydroxylation is 1. The first kappa shape index (κ1) is 13.3. The number of rotatable bonds is 8. The Balaban J connectivity index is 1.49. The van der Waals surface area contributed by atoms with Crippen LogP contribution in [0.1, 0.15) is 57.8 Å². The van der Waals surface area contributed by atoms with Crippen LogP contribution in [0.25, 0.3) is 0 Å². The summed E-state index contributed by atoms with van der Waals surface area (Å²) in [7, 11) is 0. The van der Waals surface area contributed by atoms with E-state index in [9.17, 15) is 4.79 Å². The molecule has 0 spiro atoms. The first-order valence-corrected chi connectivity index (χ1v) is 7.32. The number of aromatic nitrogens is 2. The van der Waals surface area contributed by atoms with Gasteiger partial charge in [0.25, 0.3) is 0 Å². The van der Waals surface area contributed by atoms with Crippen molar-refractivity contribution in [1.82, 2.24) is 9.55 Å². The van der Waals surface area contributed by atoms with Crippen LogP contribution >= 0.6 is 0 Å². The minimum Gasteiger partial charge on any atom is -0.337 e. The molecule has 0 atom stereocenters. The van der Waals surface area contributed by atoms with Crippen molar-refractivity contribution in [3.8, 4) is 0 Å². The first-order valence-electron chi connectivity index (χ1n) is 7.32. The molecule has 0 saturated heterocycles. The zero-order valence-corrected chi connectivity index (χ0v) is 11.2. The molecule has 100 valence electrons. The van der Waals surface area contributed by atoms with Crippen molar-refractivity contribution in [2.75, 3.05) is 0 Å². The number of hydrogen-bond donors (Lipinski definition) is 0. The molecule has 1 aliphatic rings. The van der Waals surface area contributed by atoms with Crippen LogP contribution < -0.4 is 0 Å². The van der Waals surface area contributed by atoms with Crippen LogP contribution in [0.5, 0.6) is 0 Å². The van der Waals surface area contributed by atoms with E-state index in [0.29, 0.717) is 5.78 Å². The number of ketones is 1. The molecule has 0 aromatic carbocycles. The number of hydrogen-bond acceptors (Lipinski definition) is 2. The van der Waals surface area contributed by atoms with E-state index in [4.69, 9.17) is 0 Å². The Kier molecular flexibility index (Phi) is 5.43. The molecular weight excluding hydrogens is 224 g/mol. The lowest BCUT2D eigenvalue weighted by Crippen LogP contribution is -2.03. The summed E-state index contributed by atoms with van der Waals surface area (Å²) in [6, 6.07) is 0. The number of Topliss-reactive ketones (excluding diaryl/α,β-unsaturated/α-hetero) is 1. The van der Waals surface area contributed by atoms with Gasteiger partial charge >= 0.3 is 0 Å². The molecule has 1 aliphatic carbocycles. The third-order valence-corrected chi connectivity index (χ3v) is 3.97. The molecule has 3 nitrogen and oxygen atoms in total. The number of imidazole rings is 1. The Hall–Kier alpha value is -1.12. The molecule has 1 aromatic heterocycles. The van der Waals surface area contributed by atoms with Crippen molar-refractivity contribution in [3.05, 3.63) is 18.7 Å². The first-order chi connectivity index (χ1) is 8.84. The van der Waals surface area contributed by atoms with Crippen LogP contribution in [0.2, 0.25) is 0 Å². The van der Waals surface area contributed by atoms with Crippen LogP contribution in [-0.2, 0) is 11.3 Å². The Morgan fingerprint density at radius 2 is 2.00 bits per heavy atom. The monoisotopic (exact) mass is 248 g/mol. The fraction of sp³-hybridized carbons (Fsp3) is 0.733. The van der Waals surface area contributed by atoms with Crippen LogP contribution in [-0.4, -0.2) is 15.3 Å². The van der Waals surface area contributed by atoms with Crippen molar-refractivity contribution in [1.29, 1.82) is 0 Å². The average Bonchev–Trinajstić information content (AvgIpc) is 3.01. The summed E-state index contributed by atoms with van der Waals surface area (Å²) < 4.78 is 2.03. The lowest BCUT2D eigenvalue weighted by Gasteiger charge is -2.07. The highest BCUT2D eigenvalue weighted by Gasteiger charge is 2.14. The van der Waals surface area contributed by atoms with Crippen molar-refractivity contribution >= 4 is 5.78 Å². The number of nitrogens with zero attached hydrogens (tertiary/aromatic N) is 2. The van der Waals surface area contributed by atoms with E-state index in [1.54, 1.807) is 6.20 Å². The smallest absolute Gasteiger partial charge is 0.132 e. The normalized spacial score (nSPS) is 16.2. The lowest BCUT2D eigenvalue weighted by molar-refractivity contribution is -0.119. The van der Waals surface area contributed by atoms with Crippen LogP contribution in [0, 0.1) is 5.92 Å². The van der Waals surface area contributed by atoms with Gasteiger partial charge in [-0.1, -0.05) is 32.1 Å². The van der Waals surface area contributed by atoms with Crippen molar-refractivity contribution in [2.45, 2.75) is 64.3 Å². The Morgan fingerprint density at radius 3 is 2.72 bits per heavy atom. The molecule has 0 bridgehead atoms. The molecule has 0 aliphatic heterocycles. The fourth-order valence-corrected chi connectivity index (χ4v) is 2.89. The van der Waals surface area contributed by atoms with Gasteiger partial charge in [-0.3, -0.25) is 4.79 Å². The van der Waals surface area contributed by atoms with Crippen molar-refractivity contribution in [2.24, 2.45) is 5.92 Å². The second-order valence-electron chi connectivity index (χ2n) is 5.49.